The average Bonchev–Trinajstić information content (AvgIpc) is 3.38. The van der Waals surface area contributed by atoms with E-state index in [-0.39, 0.29) is 30.8 Å². The fourth-order valence-electron chi connectivity index (χ4n) is 5.08. The SMILES string of the molecule is [2H]C([2H])([2H])n1cnnc1CC1(c2cccc(NCc3ncc(C(C)N4CCO[C@H](C)C4)cc3C(F)(F)F)c2)COC1. The lowest BCUT2D eigenvalue weighted by Crippen LogP contribution is -2.49. The number of aryl methyl sites for hydroxylation is 1. The Morgan fingerprint density at radius 1 is 1.29 bits per heavy atom. The molecule has 0 bridgehead atoms. The van der Waals surface area contributed by atoms with Crippen molar-refractivity contribution in [3.8, 4) is 0 Å². The number of nitrogens with zero attached hydrogens (tertiary/aromatic N) is 5. The number of ether oxygens (including phenoxy) is 2. The van der Waals surface area contributed by atoms with E-state index in [1.165, 1.54) is 18.6 Å². The molecule has 1 unspecified atom stereocenters. The highest BCUT2D eigenvalue weighted by atomic mass is 19.4. The van der Waals surface area contributed by atoms with Gasteiger partial charge in [0.05, 0.1) is 43.7 Å². The molecule has 0 amide bonds. The molecule has 2 atom stereocenters. The third-order valence-electron chi connectivity index (χ3n) is 7.41. The number of alkyl halides is 3. The lowest BCUT2D eigenvalue weighted by atomic mass is 9.75. The summed E-state index contributed by atoms with van der Waals surface area (Å²) in [6.07, 6.45) is -1.55. The lowest BCUT2D eigenvalue weighted by molar-refractivity contribution is -0.138. The minimum Gasteiger partial charge on any atom is -0.379 e. The van der Waals surface area contributed by atoms with Crippen LogP contribution in [0.4, 0.5) is 18.9 Å². The van der Waals surface area contributed by atoms with Gasteiger partial charge in [-0.15, -0.1) is 10.2 Å². The Labute approximate surface area is 224 Å². The molecule has 38 heavy (non-hydrogen) atoms. The number of anilines is 1. The maximum Gasteiger partial charge on any atom is 0.418 e. The predicted octanol–water partition coefficient (Wildman–Crippen LogP) is 4.13. The molecule has 2 saturated heterocycles. The molecular weight excluding hydrogens is 497 g/mol. The van der Waals surface area contributed by atoms with E-state index in [1.807, 2.05) is 26.0 Å². The fourth-order valence-corrected chi connectivity index (χ4v) is 5.08. The van der Waals surface area contributed by atoms with Crippen LogP contribution >= 0.6 is 0 Å². The van der Waals surface area contributed by atoms with Gasteiger partial charge in [-0.05, 0) is 43.2 Å². The zero-order chi connectivity index (χ0) is 29.4. The van der Waals surface area contributed by atoms with Crippen molar-refractivity contribution in [3.63, 3.8) is 0 Å². The summed E-state index contributed by atoms with van der Waals surface area (Å²) in [4.78, 5) is 6.35. The van der Waals surface area contributed by atoms with E-state index in [4.69, 9.17) is 13.6 Å². The molecule has 3 aromatic rings. The summed E-state index contributed by atoms with van der Waals surface area (Å²) in [6, 6.07) is 8.29. The van der Waals surface area contributed by atoms with Crippen LogP contribution in [0.3, 0.4) is 0 Å². The van der Waals surface area contributed by atoms with Crippen LogP contribution in [-0.4, -0.2) is 63.7 Å². The van der Waals surface area contributed by atoms with Gasteiger partial charge in [0.2, 0.25) is 0 Å². The van der Waals surface area contributed by atoms with E-state index in [0.717, 1.165) is 10.1 Å². The van der Waals surface area contributed by atoms with Crippen molar-refractivity contribution >= 4 is 5.69 Å². The molecule has 0 spiro atoms. The molecule has 8 nitrogen and oxygen atoms in total. The maximum absolute atomic E-state index is 14.1. The summed E-state index contributed by atoms with van der Waals surface area (Å²) >= 11 is 0. The van der Waals surface area contributed by atoms with Gasteiger partial charge in [-0.2, -0.15) is 13.2 Å². The minimum atomic E-state index is -4.56. The summed E-state index contributed by atoms with van der Waals surface area (Å²) in [5, 5.41) is 10.9. The number of rotatable bonds is 8. The average molecular weight is 534 g/mol. The molecule has 1 aromatic carbocycles. The van der Waals surface area contributed by atoms with Crippen molar-refractivity contribution in [2.75, 3.05) is 38.2 Å². The van der Waals surface area contributed by atoms with E-state index in [1.54, 1.807) is 12.1 Å². The van der Waals surface area contributed by atoms with Gasteiger partial charge >= 0.3 is 6.18 Å². The van der Waals surface area contributed by atoms with Crippen LogP contribution in [0.25, 0.3) is 0 Å². The number of halogens is 3. The summed E-state index contributed by atoms with van der Waals surface area (Å²) in [5.41, 5.74) is 0.593. The third kappa shape index (κ3) is 5.55. The molecule has 0 aliphatic carbocycles. The van der Waals surface area contributed by atoms with Crippen molar-refractivity contribution in [3.05, 3.63) is 71.1 Å². The van der Waals surface area contributed by atoms with Crippen molar-refractivity contribution in [1.29, 1.82) is 0 Å². The van der Waals surface area contributed by atoms with Crippen LogP contribution in [0.5, 0.6) is 0 Å². The van der Waals surface area contributed by atoms with Gasteiger partial charge in [0, 0.05) is 53.9 Å². The highest BCUT2D eigenvalue weighted by Crippen LogP contribution is 2.37. The topological polar surface area (TPSA) is 77.3 Å². The Bertz CT molecular complexity index is 1360. The van der Waals surface area contributed by atoms with Crippen LogP contribution in [0.1, 0.15) is 52.2 Å². The molecule has 11 heteroatoms. The van der Waals surface area contributed by atoms with Crippen molar-refractivity contribution < 1.29 is 26.8 Å². The Hall–Kier alpha value is -3.02. The van der Waals surface area contributed by atoms with Gasteiger partial charge in [-0.25, -0.2) is 0 Å². The molecule has 2 aliphatic rings. The second-order valence-electron chi connectivity index (χ2n) is 10.1. The number of aromatic nitrogens is 4. The number of benzene rings is 1. The van der Waals surface area contributed by atoms with Crippen LogP contribution in [0.15, 0.2) is 42.9 Å². The van der Waals surface area contributed by atoms with Crippen molar-refractivity contribution in [1.82, 2.24) is 24.6 Å². The maximum atomic E-state index is 14.1. The molecule has 0 radical (unpaired) electrons. The second-order valence-corrected chi connectivity index (χ2v) is 10.1. The minimum absolute atomic E-state index is 0.0195. The lowest BCUT2D eigenvalue weighted by Gasteiger charge is -2.41. The molecular formula is C27H33F3N6O2. The van der Waals surface area contributed by atoms with Gasteiger partial charge < -0.3 is 19.4 Å². The van der Waals surface area contributed by atoms with Crippen LogP contribution in [0.2, 0.25) is 0 Å². The van der Waals surface area contributed by atoms with E-state index in [9.17, 15) is 13.2 Å². The summed E-state index contributed by atoms with van der Waals surface area (Å²) in [5.74, 6) is 0.312. The molecule has 204 valence electrons. The Kier molecular flexibility index (Phi) is 6.41. The first-order chi connectivity index (χ1) is 19.4. The van der Waals surface area contributed by atoms with E-state index in [2.05, 4.69) is 25.4 Å². The third-order valence-corrected chi connectivity index (χ3v) is 7.41. The van der Waals surface area contributed by atoms with Crippen molar-refractivity contribution in [2.45, 2.75) is 50.6 Å². The Balaban J connectivity index is 1.34. The number of morpholine rings is 1. The fraction of sp³-hybridized carbons (Fsp3) is 0.519. The summed E-state index contributed by atoms with van der Waals surface area (Å²) in [7, 11) is 0. The predicted molar refractivity (Wildman–Crippen MR) is 136 cm³/mol. The summed E-state index contributed by atoms with van der Waals surface area (Å²) < 4.78 is 77.7. The van der Waals surface area contributed by atoms with Gasteiger partial charge in [0.15, 0.2) is 0 Å². The summed E-state index contributed by atoms with van der Waals surface area (Å²) in [6.45, 7) is 3.83. The molecule has 0 saturated carbocycles. The molecule has 2 aliphatic heterocycles. The van der Waals surface area contributed by atoms with Gasteiger partial charge in [0.1, 0.15) is 12.2 Å². The van der Waals surface area contributed by atoms with Gasteiger partial charge in [-0.3, -0.25) is 9.88 Å². The molecule has 2 fully saturated rings. The quantitative estimate of drug-likeness (QED) is 0.467. The number of pyridine rings is 1. The highest BCUT2D eigenvalue weighted by Gasteiger charge is 2.42. The van der Waals surface area contributed by atoms with E-state index in [0.29, 0.717) is 50.0 Å². The number of hydrogen-bond acceptors (Lipinski definition) is 7. The van der Waals surface area contributed by atoms with Gasteiger partial charge in [0.25, 0.3) is 0 Å². The normalized spacial score (nSPS) is 22.1. The first-order valence-electron chi connectivity index (χ1n) is 14.1. The zero-order valence-corrected chi connectivity index (χ0v) is 21.3. The molecule has 1 N–H and O–H groups in total. The molecule has 4 heterocycles. The number of nitrogens with one attached hydrogen (secondary N) is 1. The van der Waals surface area contributed by atoms with E-state index >= 15 is 0 Å². The standard InChI is InChI=1S/C27H33F3N6O2/c1-18-14-36(7-8-38-18)19(2)20-9-23(27(28,29)30)24(32-12-20)13-31-22-6-4-5-21(10-22)26(15-37-16-26)11-25-34-33-17-35(25)3/h4-6,9-10,12,17-19,31H,7-8,11,13-16H2,1-3H3/t18-,19?/m1/s1/i3D3. The Morgan fingerprint density at radius 3 is 2.84 bits per heavy atom. The zero-order valence-electron chi connectivity index (χ0n) is 24.3. The first kappa shape index (κ1) is 22.9. The van der Waals surface area contributed by atoms with Gasteiger partial charge in [-0.1, -0.05) is 12.1 Å². The highest BCUT2D eigenvalue weighted by molar-refractivity contribution is 5.49. The first-order valence-corrected chi connectivity index (χ1v) is 12.6. The van der Waals surface area contributed by atoms with Crippen LogP contribution in [-0.2, 0) is 41.0 Å². The monoisotopic (exact) mass is 533 g/mol. The molecule has 2 aromatic heterocycles. The molecule has 5 rings (SSSR count). The number of hydrogen-bond donors (Lipinski definition) is 1. The second kappa shape index (κ2) is 10.6. The Morgan fingerprint density at radius 2 is 2.13 bits per heavy atom. The van der Waals surface area contributed by atoms with Crippen LogP contribution in [0, 0.1) is 0 Å². The van der Waals surface area contributed by atoms with Crippen LogP contribution < -0.4 is 5.32 Å². The largest absolute Gasteiger partial charge is 0.418 e. The van der Waals surface area contributed by atoms with E-state index < -0.39 is 24.1 Å². The smallest absolute Gasteiger partial charge is 0.379 e. The van der Waals surface area contributed by atoms with Crippen molar-refractivity contribution in [2.24, 2.45) is 6.98 Å².